The summed E-state index contributed by atoms with van der Waals surface area (Å²) in [5.74, 6) is 1.10. The average Bonchev–Trinajstić information content (AvgIpc) is 2.80. The largest absolute Gasteiger partial charge is 0.353 e. The Hall–Kier alpha value is -0.530. The minimum absolute atomic E-state index is 0. The molecule has 1 saturated carbocycles. The molecule has 1 heterocycles. The lowest BCUT2D eigenvalue weighted by Gasteiger charge is -2.19. The lowest BCUT2D eigenvalue weighted by molar-refractivity contribution is -0.129. The van der Waals surface area contributed by atoms with Crippen molar-refractivity contribution in [3.05, 3.63) is 0 Å². The Morgan fingerprint density at radius 2 is 1.82 bits per heavy atom. The van der Waals surface area contributed by atoms with Gasteiger partial charge in [-0.05, 0) is 17.3 Å². The van der Waals surface area contributed by atoms with Crippen LogP contribution in [0.5, 0.6) is 0 Å². The highest BCUT2D eigenvalue weighted by Gasteiger charge is 2.65. The van der Waals surface area contributed by atoms with E-state index in [1.807, 2.05) is 18.9 Å². The number of hydrogen-bond acceptors (Lipinski definition) is 2. The van der Waals surface area contributed by atoms with Crippen molar-refractivity contribution in [2.24, 2.45) is 15.8 Å². The Morgan fingerprint density at radius 1 is 1.23 bits per heavy atom. The van der Waals surface area contributed by atoms with Crippen LogP contribution in [0.15, 0.2) is 4.99 Å². The van der Waals surface area contributed by atoms with E-state index in [1.54, 1.807) is 0 Å². The second-order valence-corrected chi connectivity index (χ2v) is 7.42. The molecule has 0 radical (unpaired) electrons. The Labute approximate surface area is 151 Å². The highest BCUT2D eigenvalue weighted by atomic mass is 127. The number of halogens is 1. The highest BCUT2D eigenvalue weighted by molar-refractivity contribution is 14.0. The maximum absolute atomic E-state index is 11.7. The molecular formula is C16H31IN4O. The number of likely N-dealkylation sites (tertiary alicyclic amines) is 1. The first-order chi connectivity index (χ1) is 9.73. The van der Waals surface area contributed by atoms with Crippen LogP contribution in [-0.2, 0) is 4.79 Å². The predicted octanol–water partition coefficient (Wildman–Crippen LogP) is 2.21. The summed E-state index contributed by atoms with van der Waals surface area (Å²) in [6.07, 6.45) is 1.58. The molecule has 1 saturated heterocycles. The van der Waals surface area contributed by atoms with Crippen molar-refractivity contribution in [1.82, 2.24) is 15.5 Å². The van der Waals surface area contributed by atoms with Crippen molar-refractivity contribution >= 4 is 35.8 Å². The number of carbonyl (C=O) groups is 1. The molecule has 2 N–H and O–H groups in total. The van der Waals surface area contributed by atoms with Gasteiger partial charge in [0.25, 0.3) is 0 Å². The van der Waals surface area contributed by atoms with Crippen LogP contribution in [0.4, 0.5) is 0 Å². The lowest BCUT2D eigenvalue weighted by atomic mass is 10.0. The Balaban J connectivity index is 0.00000242. The number of nitrogens with zero attached hydrogens (tertiary/aromatic N) is 2. The lowest BCUT2D eigenvalue weighted by Crippen LogP contribution is -2.46. The SMILES string of the molecule is CCC(=O)N1CCC(NC(=NC)NC2C(C)(C)C2(C)C)C1.I. The van der Waals surface area contributed by atoms with E-state index in [0.717, 1.165) is 25.5 Å². The zero-order valence-corrected chi connectivity index (χ0v) is 17.0. The fourth-order valence-corrected chi connectivity index (χ4v) is 3.39. The molecule has 2 fully saturated rings. The molecule has 2 rings (SSSR count). The molecule has 1 amide bonds. The zero-order valence-electron chi connectivity index (χ0n) is 14.7. The predicted molar refractivity (Wildman–Crippen MR) is 102 cm³/mol. The highest BCUT2D eigenvalue weighted by Crippen LogP contribution is 2.62. The maximum Gasteiger partial charge on any atom is 0.222 e. The minimum atomic E-state index is 0. The first-order valence-corrected chi connectivity index (χ1v) is 8.01. The van der Waals surface area contributed by atoms with Gasteiger partial charge in [0.05, 0.1) is 0 Å². The van der Waals surface area contributed by atoms with Crippen molar-refractivity contribution in [3.8, 4) is 0 Å². The summed E-state index contributed by atoms with van der Waals surface area (Å²) in [5.41, 5.74) is 0.564. The van der Waals surface area contributed by atoms with Gasteiger partial charge in [0, 0.05) is 38.6 Å². The molecule has 2 aliphatic rings. The van der Waals surface area contributed by atoms with E-state index in [9.17, 15) is 4.79 Å². The van der Waals surface area contributed by atoms with E-state index in [2.05, 4.69) is 43.3 Å². The quantitative estimate of drug-likeness (QED) is 0.417. The van der Waals surface area contributed by atoms with E-state index < -0.39 is 0 Å². The Kier molecular flexibility index (Phi) is 6.14. The molecule has 1 atom stereocenters. The van der Waals surface area contributed by atoms with Gasteiger partial charge in [-0.15, -0.1) is 24.0 Å². The third kappa shape index (κ3) is 3.51. The van der Waals surface area contributed by atoms with Gasteiger partial charge in [0.1, 0.15) is 0 Å². The Bertz CT molecular complexity index is 433. The summed E-state index contributed by atoms with van der Waals surface area (Å²) in [6.45, 7) is 12.7. The maximum atomic E-state index is 11.7. The van der Waals surface area contributed by atoms with Crippen LogP contribution in [0.1, 0.15) is 47.5 Å². The molecule has 0 bridgehead atoms. The topological polar surface area (TPSA) is 56.7 Å². The van der Waals surface area contributed by atoms with Crippen molar-refractivity contribution < 1.29 is 4.79 Å². The van der Waals surface area contributed by atoms with Gasteiger partial charge in [0.2, 0.25) is 5.91 Å². The zero-order chi connectivity index (χ0) is 15.8. The number of aliphatic imine (C=N–C) groups is 1. The van der Waals surface area contributed by atoms with Crippen LogP contribution in [0.2, 0.25) is 0 Å². The normalized spacial score (nSPS) is 26.4. The number of hydrogen-bond donors (Lipinski definition) is 2. The molecule has 1 aliphatic heterocycles. The number of amides is 1. The van der Waals surface area contributed by atoms with E-state index in [4.69, 9.17) is 0 Å². The van der Waals surface area contributed by atoms with E-state index in [-0.39, 0.29) is 40.7 Å². The van der Waals surface area contributed by atoms with Crippen LogP contribution in [0.25, 0.3) is 0 Å². The van der Waals surface area contributed by atoms with Gasteiger partial charge in [-0.2, -0.15) is 0 Å². The molecule has 5 nitrogen and oxygen atoms in total. The summed E-state index contributed by atoms with van der Waals surface area (Å²) >= 11 is 0. The van der Waals surface area contributed by atoms with Gasteiger partial charge in [0.15, 0.2) is 5.96 Å². The van der Waals surface area contributed by atoms with E-state index >= 15 is 0 Å². The third-order valence-electron chi connectivity index (χ3n) is 5.71. The second kappa shape index (κ2) is 6.93. The van der Waals surface area contributed by atoms with Crippen LogP contribution in [-0.4, -0.2) is 49.0 Å². The van der Waals surface area contributed by atoms with Crippen molar-refractivity contribution in [2.75, 3.05) is 20.1 Å². The van der Waals surface area contributed by atoms with E-state index in [1.165, 1.54) is 0 Å². The minimum Gasteiger partial charge on any atom is -0.353 e. The fourth-order valence-electron chi connectivity index (χ4n) is 3.39. The first kappa shape index (κ1) is 19.5. The number of rotatable bonds is 3. The summed E-state index contributed by atoms with van der Waals surface area (Å²) in [7, 11) is 1.81. The van der Waals surface area contributed by atoms with Crippen molar-refractivity contribution in [3.63, 3.8) is 0 Å². The summed E-state index contributed by atoms with van der Waals surface area (Å²) < 4.78 is 0. The molecule has 0 spiro atoms. The van der Waals surface area contributed by atoms with Gasteiger partial charge >= 0.3 is 0 Å². The Morgan fingerprint density at radius 3 is 2.27 bits per heavy atom. The van der Waals surface area contributed by atoms with Crippen molar-refractivity contribution in [2.45, 2.75) is 59.5 Å². The molecule has 6 heteroatoms. The van der Waals surface area contributed by atoms with Crippen LogP contribution >= 0.6 is 24.0 Å². The molecule has 0 aromatic heterocycles. The van der Waals surface area contributed by atoms with Crippen LogP contribution in [0, 0.1) is 10.8 Å². The van der Waals surface area contributed by atoms with Gasteiger partial charge < -0.3 is 15.5 Å². The van der Waals surface area contributed by atoms with Gasteiger partial charge in [-0.1, -0.05) is 34.6 Å². The van der Waals surface area contributed by atoms with Crippen molar-refractivity contribution in [1.29, 1.82) is 0 Å². The third-order valence-corrected chi connectivity index (χ3v) is 5.71. The fraction of sp³-hybridized carbons (Fsp3) is 0.875. The number of guanidine groups is 1. The molecule has 22 heavy (non-hydrogen) atoms. The standard InChI is InChI=1S/C16H30N4O.HI/c1-7-12(21)20-9-8-11(10-20)18-14(17-6)19-13-15(2,3)16(13,4)5;/h11,13H,7-10H2,1-6H3,(H2,17,18,19);1H. The van der Waals surface area contributed by atoms with Crippen LogP contribution < -0.4 is 10.6 Å². The molecule has 128 valence electrons. The molecule has 1 aliphatic carbocycles. The average molecular weight is 422 g/mol. The molecular weight excluding hydrogens is 391 g/mol. The van der Waals surface area contributed by atoms with Gasteiger partial charge in [-0.3, -0.25) is 9.79 Å². The van der Waals surface area contributed by atoms with E-state index in [0.29, 0.717) is 18.5 Å². The summed E-state index contributed by atoms with van der Waals surface area (Å²) in [5, 5.41) is 7.01. The number of nitrogens with one attached hydrogen (secondary N) is 2. The van der Waals surface area contributed by atoms with Gasteiger partial charge in [-0.25, -0.2) is 0 Å². The smallest absolute Gasteiger partial charge is 0.222 e. The molecule has 0 aromatic rings. The first-order valence-electron chi connectivity index (χ1n) is 8.01. The second-order valence-electron chi connectivity index (χ2n) is 7.42. The summed E-state index contributed by atoms with van der Waals surface area (Å²) in [4.78, 5) is 18.0. The van der Waals surface area contributed by atoms with Crippen LogP contribution in [0.3, 0.4) is 0 Å². The summed E-state index contributed by atoms with van der Waals surface area (Å²) in [6, 6.07) is 0.739. The monoisotopic (exact) mass is 422 g/mol. The molecule has 0 aromatic carbocycles. The number of carbonyl (C=O) groups excluding carboxylic acids is 1. The molecule has 1 unspecified atom stereocenters.